The Labute approximate surface area is 269 Å². The molecule has 15 nitrogen and oxygen atoms in total. The van der Waals surface area contributed by atoms with Gasteiger partial charge in [0.25, 0.3) is 0 Å². The maximum Gasteiger partial charge on any atom is 0.407 e. The molecule has 0 radical (unpaired) electrons. The van der Waals surface area contributed by atoms with Crippen molar-refractivity contribution in [3.8, 4) is 11.1 Å². The maximum absolute atomic E-state index is 12.8. The van der Waals surface area contributed by atoms with Crippen LogP contribution in [-0.4, -0.2) is 97.5 Å². The molecule has 0 unspecified atom stereocenters. The molecule has 1 aliphatic heterocycles. The first-order valence-corrected chi connectivity index (χ1v) is 14.7. The molecule has 0 saturated carbocycles. The Morgan fingerprint density at radius 3 is 1.89 bits per heavy atom. The molecular weight excluding hydrogens is 620 g/mol. The van der Waals surface area contributed by atoms with E-state index in [2.05, 4.69) is 10.6 Å². The Hall–Kier alpha value is -5.02. The van der Waals surface area contributed by atoms with E-state index in [4.69, 9.17) is 28.4 Å². The number of ether oxygens (including phenoxy) is 6. The van der Waals surface area contributed by atoms with Crippen molar-refractivity contribution in [2.24, 2.45) is 0 Å². The summed E-state index contributed by atoms with van der Waals surface area (Å²) in [6.07, 6.45) is -6.58. The van der Waals surface area contributed by atoms with Gasteiger partial charge in [-0.3, -0.25) is 19.2 Å². The number of carboxylic acid groups (broad SMARTS) is 1. The van der Waals surface area contributed by atoms with Crippen LogP contribution in [0.2, 0.25) is 0 Å². The van der Waals surface area contributed by atoms with Crippen LogP contribution in [0.5, 0.6) is 0 Å². The van der Waals surface area contributed by atoms with Gasteiger partial charge >= 0.3 is 30.0 Å². The lowest BCUT2D eigenvalue weighted by atomic mass is 9.96. The summed E-state index contributed by atoms with van der Waals surface area (Å²) in [5.41, 5.74) is 3.97. The highest BCUT2D eigenvalue weighted by molar-refractivity contribution is 5.81. The smallest absolute Gasteiger partial charge is 0.407 e. The molecule has 1 aliphatic carbocycles. The van der Waals surface area contributed by atoms with Crippen molar-refractivity contribution in [1.82, 2.24) is 10.6 Å². The second-order valence-corrected chi connectivity index (χ2v) is 10.9. The Balaban J connectivity index is 1.48. The number of carbonyl (C=O) groups is 6. The number of carbonyl (C=O) groups excluding carboxylic acids is 5. The summed E-state index contributed by atoms with van der Waals surface area (Å²) < 4.78 is 32.8. The second-order valence-electron chi connectivity index (χ2n) is 10.9. The second kappa shape index (κ2) is 15.5. The molecule has 1 fully saturated rings. The lowest BCUT2D eigenvalue weighted by Gasteiger charge is -2.45. The number of alkyl carbamates (subject to hydrolysis) is 1. The summed E-state index contributed by atoms with van der Waals surface area (Å²) in [6.45, 7) is 3.23. The van der Waals surface area contributed by atoms with Crippen LogP contribution in [0.25, 0.3) is 11.1 Å². The largest absolute Gasteiger partial charge is 0.480 e. The number of rotatable bonds is 12. The molecule has 1 saturated heterocycles. The normalized spacial score (nSPS) is 22.1. The molecule has 6 atom stereocenters. The van der Waals surface area contributed by atoms with E-state index >= 15 is 0 Å². The lowest BCUT2D eigenvalue weighted by Crippen LogP contribution is -2.67. The number of aliphatic carboxylic acids is 1. The van der Waals surface area contributed by atoms with E-state index in [1.165, 1.54) is 0 Å². The van der Waals surface area contributed by atoms with Crippen molar-refractivity contribution in [1.29, 1.82) is 0 Å². The van der Waals surface area contributed by atoms with Gasteiger partial charge in [0, 0.05) is 33.6 Å². The molecule has 2 aromatic rings. The molecule has 2 aliphatic rings. The number of amides is 2. The van der Waals surface area contributed by atoms with Crippen molar-refractivity contribution in [3.63, 3.8) is 0 Å². The van der Waals surface area contributed by atoms with Crippen molar-refractivity contribution in [2.45, 2.75) is 70.3 Å². The number of fused-ring (bicyclic) bond motifs is 3. The third-order valence-electron chi connectivity index (χ3n) is 7.43. The molecule has 0 spiro atoms. The minimum atomic E-state index is -1.66. The van der Waals surface area contributed by atoms with Gasteiger partial charge in [0.05, 0.1) is 6.61 Å². The van der Waals surface area contributed by atoms with Gasteiger partial charge in [-0.15, -0.1) is 0 Å². The van der Waals surface area contributed by atoms with Crippen LogP contribution >= 0.6 is 0 Å². The highest BCUT2D eigenvalue weighted by atomic mass is 16.7. The van der Waals surface area contributed by atoms with Crippen LogP contribution in [0.15, 0.2) is 48.5 Å². The van der Waals surface area contributed by atoms with Crippen LogP contribution in [0.4, 0.5) is 4.79 Å². The van der Waals surface area contributed by atoms with E-state index in [0.717, 1.165) is 49.9 Å². The van der Waals surface area contributed by atoms with Gasteiger partial charge in [0.1, 0.15) is 25.4 Å². The van der Waals surface area contributed by atoms with Crippen LogP contribution in [0, 0.1) is 0 Å². The number of hydrogen-bond donors (Lipinski definition) is 3. The first kappa shape index (κ1) is 34.8. The predicted octanol–water partition coefficient (Wildman–Crippen LogP) is 1.65. The Bertz CT molecular complexity index is 1470. The minimum absolute atomic E-state index is 0.0666. The number of hydrogen-bond acceptors (Lipinski definition) is 12. The summed E-state index contributed by atoms with van der Waals surface area (Å²) >= 11 is 0. The van der Waals surface area contributed by atoms with Crippen molar-refractivity contribution in [2.75, 3.05) is 19.8 Å². The van der Waals surface area contributed by atoms with Gasteiger partial charge in [-0.25, -0.2) is 9.59 Å². The Kier molecular flexibility index (Phi) is 11.5. The monoisotopic (exact) mass is 656 g/mol. The molecule has 1 heterocycles. The fourth-order valence-corrected chi connectivity index (χ4v) is 5.58. The van der Waals surface area contributed by atoms with Gasteiger partial charge in [-0.1, -0.05) is 48.5 Å². The molecule has 4 rings (SSSR count). The zero-order valence-electron chi connectivity index (χ0n) is 26.1. The summed E-state index contributed by atoms with van der Waals surface area (Å²) in [5.74, 6) is -4.65. The van der Waals surface area contributed by atoms with Gasteiger partial charge < -0.3 is 44.2 Å². The molecule has 0 bridgehead atoms. The number of esters is 3. The first-order valence-electron chi connectivity index (χ1n) is 14.7. The molecule has 15 heteroatoms. The quantitative estimate of drug-likeness (QED) is 0.220. The summed E-state index contributed by atoms with van der Waals surface area (Å²) in [6, 6.07) is 12.5. The topological polar surface area (TPSA) is 202 Å². The SMILES string of the molecule is CC(=O)N[C@H]1[C@H](OC[C@H](NC(=O)OCC2c3ccccc3-c3ccccc32)C(=O)O)O[C@H](COC(C)=O)[C@H](OC(C)=O)[C@@H]1OC(C)=O. The standard InChI is InChI=1S/C32H36N2O13/c1-16(35)33-27-29(46-19(4)38)28(45-18(3)37)26(15-42-17(2)36)47-31(27)43-14-25(30(39)40)34-32(41)44-13-24-22-11-7-5-9-20(22)21-10-6-8-12-23(21)24/h5-12,24-29,31H,13-15H2,1-4H3,(H,33,35)(H,34,41)(H,39,40)/t25-,26+,27+,28-,29+,31+/m0/s1. The lowest BCUT2D eigenvalue weighted by molar-refractivity contribution is -0.278. The van der Waals surface area contributed by atoms with E-state index in [9.17, 15) is 33.9 Å². The van der Waals surface area contributed by atoms with Crippen LogP contribution in [-0.2, 0) is 52.4 Å². The molecule has 0 aromatic heterocycles. The zero-order chi connectivity index (χ0) is 34.2. The fourth-order valence-electron chi connectivity index (χ4n) is 5.58. The molecular formula is C32H36N2O13. The molecule has 3 N–H and O–H groups in total. The summed E-state index contributed by atoms with van der Waals surface area (Å²) in [4.78, 5) is 72.6. The van der Waals surface area contributed by atoms with Crippen molar-refractivity contribution < 1.29 is 62.3 Å². The zero-order valence-corrected chi connectivity index (χ0v) is 26.1. The average molecular weight is 657 g/mol. The van der Waals surface area contributed by atoms with E-state index in [0.29, 0.717) is 0 Å². The molecule has 2 aromatic carbocycles. The minimum Gasteiger partial charge on any atom is -0.480 e. The number of benzene rings is 2. The van der Waals surface area contributed by atoms with Crippen LogP contribution in [0.3, 0.4) is 0 Å². The highest BCUT2D eigenvalue weighted by Crippen LogP contribution is 2.44. The molecule has 252 valence electrons. The van der Waals surface area contributed by atoms with Gasteiger partial charge in [0.15, 0.2) is 24.5 Å². The first-order chi connectivity index (χ1) is 22.3. The Morgan fingerprint density at radius 2 is 1.36 bits per heavy atom. The summed E-state index contributed by atoms with van der Waals surface area (Å²) in [7, 11) is 0. The third-order valence-corrected chi connectivity index (χ3v) is 7.43. The molecule has 2 amide bonds. The van der Waals surface area contributed by atoms with Gasteiger partial charge in [-0.2, -0.15) is 0 Å². The number of carboxylic acids is 1. The van der Waals surface area contributed by atoms with E-state index in [1.54, 1.807) is 0 Å². The summed E-state index contributed by atoms with van der Waals surface area (Å²) in [5, 5.41) is 14.6. The third kappa shape index (κ3) is 8.83. The van der Waals surface area contributed by atoms with E-state index in [-0.39, 0.29) is 12.5 Å². The fraction of sp³-hybridized carbons (Fsp3) is 0.438. The van der Waals surface area contributed by atoms with Crippen LogP contribution < -0.4 is 10.6 Å². The van der Waals surface area contributed by atoms with Gasteiger partial charge in [0.2, 0.25) is 5.91 Å². The van der Waals surface area contributed by atoms with Crippen molar-refractivity contribution >= 4 is 35.9 Å². The average Bonchev–Trinajstić information content (AvgIpc) is 3.32. The van der Waals surface area contributed by atoms with Crippen molar-refractivity contribution in [3.05, 3.63) is 59.7 Å². The van der Waals surface area contributed by atoms with Crippen LogP contribution in [0.1, 0.15) is 44.7 Å². The Morgan fingerprint density at radius 1 is 0.787 bits per heavy atom. The van der Waals surface area contributed by atoms with Gasteiger partial charge in [-0.05, 0) is 22.3 Å². The van der Waals surface area contributed by atoms with E-state index in [1.807, 2.05) is 48.5 Å². The maximum atomic E-state index is 12.8. The van der Waals surface area contributed by atoms with E-state index < -0.39 is 85.8 Å². The number of nitrogens with one attached hydrogen (secondary N) is 2. The predicted molar refractivity (Wildman–Crippen MR) is 160 cm³/mol. The highest BCUT2D eigenvalue weighted by Gasteiger charge is 2.51. The molecule has 47 heavy (non-hydrogen) atoms.